The van der Waals surface area contributed by atoms with Crippen LogP contribution in [0.5, 0.6) is 0 Å². The van der Waals surface area contributed by atoms with Crippen molar-refractivity contribution >= 4 is 65.6 Å². The van der Waals surface area contributed by atoms with Crippen LogP contribution in [0.15, 0.2) is 192 Å². The van der Waals surface area contributed by atoms with Gasteiger partial charge >= 0.3 is 0 Å². The van der Waals surface area contributed by atoms with Gasteiger partial charge in [0.25, 0.3) is 0 Å². The lowest BCUT2D eigenvalue weighted by molar-refractivity contribution is 0.669. The highest BCUT2D eigenvalue weighted by molar-refractivity contribution is 6.26. The molecule has 12 rings (SSSR count). The molecule has 0 fully saturated rings. The van der Waals surface area contributed by atoms with Crippen LogP contribution in [-0.4, -0.2) is 24.1 Å². The number of fused-ring (bicyclic) bond motifs is 10. The molecule has 4 heterocycles. The smallest absolute Gasteiger partial charge is 0.238 e. The number of nitrogens with zero attached hydrogens (tertiary/aromatic N) is 5. The van der Waals surface area contributed by atoms with E-state index in [9.17, 15) is 0 Å². The van der Waals surface area contributed by atoms with Crippen molar-refractivity contribution in [3.05, 3.63) is 188 Å². The molecule has 0 spiro atoms. The van der Waals surface area contributed by atoms with Crippen molar-refractivity contribution in [1.29, 1.82) is 0 Å². The predicted molar refractivity (Wildman–Crippen MR) is 232 cm³/mol. The summed E-state index contributed by atoms with van der Waals surface area (Å²) in [6.07, 6.45) is 0. The molecule has 0 saturated carbocycles. The summed E-state index contributed by atoms with van der Waals surface area (Å²) >= 11 is 0. The molecule has 0 bridgehead atoms. The van der Waals surface area contributed by atoms with Gasteiger partial charge in [0.1, 0.15) is 11.2 Å². The van der Waals surface area contributed by atoms with Crippen molar-refractivity contribution < 1.29 is 4.42 Å². The van der Waals surface area contributed by atoms with Crippen molar-refractivity contribution in [2.24, 2.45) is 0 Å². The Balaban J connectivity index is 1.19. The second-order valence-electron chi connectivity index (χ2n) is 14.4. The number of hydrogen-bond acceptors (Lipinski definition) is 4. The van der Waals surface area contributed by atoms with Gasteiger partial charge in [-0.25, -0.2) is 4.98 Å². The second-order valence-corrected chi connectivity index (χ2v) is 14.4. The minimum Gasteiger partial charge on any atom is -0.455 e. The van der Waals surface area contributed by atoms with E-state index in [4.69, 9.17) is 19.4 Å². The maximum atomic E-state index is 6.53. The third-order valence-electron chi connectivity index (χ3n) is 11.2. The Bertz CT molecular complexity index is 3520. The van der Waals surface area contributed by atoms with E-state index in [1.165, 1.54) is 11.1 Å². The minimum absolute atomic E-state index is 0.536. The maximum Gasteiger partial charge on any atom is 0.238 e. The van der Waals surface area contributed by atoms with Crippen LogP contribution in [0.3, 0.4) is 0 Å². The Kier molecular flexibility index (Phi) is 6.83. The molecule has 0 N–H and O–H groups in total. The number of aromatic nitrogens is 5. The third kappa shape index (κ3) is 4.81. The fourth-order valence-electron chi connectivity index (χ4n) is 8.67. The Labute approximate surface area is 326 Å². The molecule has 0 amide bonds. The van der Waals surface area contributed by atoms with Crippen molar-refractivity contribution in [3.8, 4) is 45.5 Å². The zero-order valence-electron chi connectivity index (χ0n) is 30.5. The topological polar surface area (TPSA) is 61.7 Å². The Morgan fingerprint density at radius 1 is 0.386 bits per heavy atom. The van der Waals surface area contributed by atoms with E-state index in [0.717, 1.165) is 82.4 Å². The fourth-order valence-corrected chi connectivity index (χ4v) is 8.67. The van der Waals surface area contributed by atoms with Gasteiger partial charge in [0.05, 0.1) is 27.6 Å². The maximum absolute atomic E-state index is 6.53. The van der Waals surface area contributed by atoms with Crippen LogP contribution in [0, 0.1) is 0 Å². The molecule has 6 heteroatoms. The summed E-state index contributed by atoms with van der Waals surface area (Å²) in [6, 6.07) is 65.6. The summed E-state index contributed by atoms with van der Waals surface area (Å²) in [6.45, 7) is 0. The normalized spacial score (nSPS) is 11.9. The van der Waals surface area contributed by atoms with Crippen LogP contribution < -0.4 is 0 Å². The second kappa shape index (κ2) is 12.3. The van der Waals surface area contributed by atoms with E-state index in [2.05, 4.69) is 143 Å². The third-order valence-corrected chi connectivity index (χ3v) is 11.2. The molecule has 4 aromatic heterocycles. The Hall–Kier alpha value is -7.83. The van der Waals surface area contributed by atoms with Crippen LogP contribution in [-0.2, 0) is 0 Å². The van der Waals surface area contributed by atoms with Crippen molar-refractivity contribution in [2.45, 2.75) is 0 Å². The van der Waals surface area contributed by atoms with Crippen LogP contribution in [0.2, 0.25) is 0 Å². The highest BCUT2D eigenvalue weighted by Gasteiger charge is 2.24. The molecule has 0 radical (unpaired) electrons. The Morgan fingerprint density at radius 2 is 1.02 bits per heavy atom. The summed E-state index contributed by atoms with van der Waals surface area (Å²) in [7, 11) is 0. The number of benzene rings is 8. The standard InChI is InChI=1S/C51H31N5O/c1-3-15-32(16-4-1)34-19-13-20-35(31-34)55-43-27-11-8-23-40(43)46-44(55)30-29-38-36-21-7-10-26-42(36)56(47(38)46)51-53-49(33-17-5-2-6-18-33)52-50(54-51)41-25-14-24-39-37-22-9-12-28-45(37)57-48(39)41/h1-31H. The molecule has 8 aromatic carbocycles. The fraction of sp³-hybridized carbons (Fsp3) is 0. The average Bonchev–Trinajstić information content (AvgIpc) is 3.95. The molecule has 0 aliphatic carbocycles. The molecular formula is C51H31N5O. The lowest BCUT2D eigenvalue weighted by Gasteiger charge is -2.12. The minimum atomic E-state index is 0.536. The SMILES string of the molecule is c1ccc(-c2cccc(-n3c4ccccc4c4c3ccc3c5ccccc5n(-c5nc(-c6ccccc6)nc(-c6cccc7c6oc6ccccc67)n5)c34)c2)cc1. The van der Waals surface area contributed by atoms with Crippen LogP contribution >= 0.6 is 0 Å². The monoisotopic (exact) mass is 729 g/mol. The van der Waals surface area contributed by atoms with Gasteiger partial charge in [-0.15, -0.1) is 0 Å². The van der Waals surface area contributed by atoms with Gasteiger partial charge in [-0.2, -0.15) is 9.97 Å². The van der Waals surface area contributed by atoms with Crippen LogP contribution in [0.1, 0.15) is 0 Å². The molecule has 0 atom stereocenters. The zero-order valence-corrected chi connectivity index (χ0v) is 30.5. The van der Waals surface area contributed by atoms with E-state index >= 15 is 0 Å². The van der Waals surface area contributed by atoms with Crippen molar-refractivity contribution in [3.63, 3.8) is 0 Å². The van der Waals surface area contributed by atoms with Gasteiger partial charge in [-0.1, -0.05) is 146 Å². The van der Waals surface area contributed by atoms with E-state index < -0.39 is 0 Å². The first kappa shape index (κ1) is 31.5. The highest BCUT2D eigenvalue weighted by atomic mass is 16.3. The van der Waals surface area contributed by atoms with Gasteiger partial charge in [0.2, 0.25) is 5.95 Å². The van der Waals surface area contributed by atoms with E-state index in [1.54, 1.807) is 0 Å². The van der Waals surface area contributed by atoms with Crippen molar-refractivity contribution in [2.75, 3.05) is 0 Å². The van der Waals surface area contributed by atoms with E-state index in [1.807, 2.05) is 54.6 Å². The molecule has 266 valence electrons. The first-order chi connectivity index (χ1) is 28.3. The first-order valence-electron chi connectivity index (χ1n) is 19.1. The molecule has 0 saturated heterocycles. The average molecular weight is 730 g/mol. The van der Waals surface area contributed by atoms with Gasteiger partial charge in [-0.05, 0) is 53.6 Å². The molecule has 0 unspecified atom stereocenters. The Morgan fingerprint density at radius 3 is 1.84 bits per heavy atom. The highest BCUT2D eigenvalue weighted by Crippen LogP contribution is 2.43. The van der Waals surface area contributed by atoms with Crippen LogP contribution in [0.25, 0.3) is 111 Å². The summed E-state index contributed by atoms with van der Waals surface area (Å²) in [5.74, 6) is 1.66. The van der Waals surface area contributed by atoms with Crippen LogP contribution in [0.4, 0.5) is 0 Å². The largest absolute Gasteiger partial charge is 0.455 e. The first-order valence-corrected chi connectivity index (χ1v) is 19.1. The molecule has 6 nitrogen and oxygen atoms in total. The number of hydrogen-bond donors (Lipinski definition) is 0. The van der Waals surface area contributed by atoms with Gasteiger partial charge in [0.15, 0.2) is 11.6 Å². The summed E-state index contributed by atoms with van der Waals surface area (Å²) in [5.41, 5.74) is 11.0. The lowest BCUT2D eigenvalue weighted by Crippen LogP contribution is -2.06. The number of para-hydroxylation sites is 4. The zero-order chi connectivity index (χ0) is 37.5. The quantitative estimate of drug-likeness (QED) is 0.177. The van der Waals surface area contributed by atoms with Crippen molar-refractivity contribution in [1.82, 2.24) is 24.1 Å². The van der Waals surface area contributed by atoms with E-state index in [-0.39, 0.29) is 0 Å². The lowest BCUT2D eigenvalue weighted by atomic mass is 10.1. The van der Waals surface area contributed by atoms with Gasteiger partial charge < -0.3 is 8.98 Å². The predicted octanol–water partition coefficient (Wildman–Crippen LogP) is 13.0. The molecule has 0 aliphatic rings. The summed E-state index contributed by atoms with van der Waals surface area (Å²) in [5, 5.41) is 6.61. The van der Waals surface area contributed by atoms with E-state index in [0.29, 0.717) is 17.6 Å². The molecular weight excluding hydrogens is 699 g/mol. The molecule has 0 aliphatic heterocycles. The number of rotatable bonds is 5. The summed E-state index contributed by atoms with van der Waals surface area (Å²) in [4.78, 5) is 15.8. The van der Waals surface area contributed by atoms with Gasteiger partial charge in [-0.3, -0.25) is 4.57 Å². The number of furan rings is 1. The molecule has 12 aromatic rings. The summed E-state index contributed by atoms with van der Waals surface area (Å²) < 4.78 is 11.2. The molecule has 57 heavy (non-hydrogen) atoms. The van der Waals surface area contributed by atoms with Gasteiger partial charge in [0, 0.05) is 43.6 Å².